The summed E-state index contributed by atoms with van der Waals surface area (Å²) in [6, 6.07) is 17.4. The van der Waals surface area contributed by atoms with Gasteiger partial charge in [-0.2, -0.15) is 0 Å². The number of aliphatic hydroxyl groups excluding tert-OH is 1. The quantitative estimate of drug-likeness (QED) is 0.883. The van der Waals surface area contributed by atoms with E-state index in [-0.39, 0.29) is 12.5 Å². The Hall–Kier alpha value is -2.33. The Balaban J connectivity index is 1.47. The first-order valence-electron chi connectivity index (χ1n) is 7.46. The Morgan fingerprint density at radius 2 is 1.91 bits per heavy atom. The van der Waals surface area contributed by atoms with Gasteiger partial charge in [-0.3, -0.25) is 4.79 Å². The summed E-state index contributed by atoms with van der Waals surface area (Å²) in [5.41, 5.74) is 2.10. The van der Waals surface area contributed by atoms with Gasteiger partial charge in [-0.05, 0) is 17.2 Å². The van der Waals surface area contributed by atoms with Crippen LogP contribution in [0.15, 0.2) is 54.6 Å². The summed E-state index contributed by atoms with van der Waals surface area (Å²) in [4.78, 5) is 12.1. The zero-order chi connectivity index (χ0) is 15.4. The second-order valence-corrected chi connectivity index (χ2v) is 5.51. The van der Waals surface area contributed by atoms with Crippen LogP contribution in [0.1, 0.15) is 11.1 Å². The topological polar surface area (TPSA) is 58.6 Å². The molecule has 114 valence electrons. The zero-order valence-corrected chi connectivity index (χ0v) is 12.2. The molecule has 22 heavy (non-hydrogen) atoms. The number of amides is 1. The zero-order valence-electron chi connectivity index (χ0n) is 12.2. The molecule has 0 saturated carbocycles. The maximum atomic E-state index is 12.1. The Bertz CT molecular complexity index is 617. The lowest BCUT2D eigenvalue weighted by Gasteiger charge is -2.15. The van der Waals surface area contributed by atoms with Crippen LogP contribution in [0.2, 0.25) is 0 Å². The molecule has 3 rings (SSSR count). The summed E-state index contributed by atoms with van der Waals surface area (Å²) in [5.74, 6) is 0.593. The summed E-state index contributed by atoms with van der Waals surface area (Å²) in [7, 11) is 0. The van der Waals surface area contributed by atoms with Gasteiger partial charge < -0.3 is 15.2 Å². The number of rotatable bonds is 5. The van der Waals surface area contributed by atoms with Crippen LogP contribution in [0.4, 0.5) is 0 Å². The minimum absolute atomic E-state index is 0.177. The van der Waals surface area contributed by atoms with Crippen molar-refractivity contribution in [2.24, 2.45) is 0 Å². The molecule has 2 aromatic carbocycles. The smallest absolute Gasteiger partial charge is 0.261 e. The minimum atomic E-state index is -0.602. The maximum absolute atomic E-state index is 12.1. The number of fused-ring (bicyclic) bond motifs is 1. The number of aliphatic hydroxyl groups is 1. The molecule has 4 nitrogen and oxygen atoms in total. The van der Waals surface area contributed by atoms with E-state index < -0.39 is 12.2 Å². The van der Waals surface area contributed by atoms with E-state index in [1.165, 1.54) is 0 Å². The molecule has 0 saturated heterocycles. The maximum Gasteiger partial charge on any atom is 0.261 e. The van der Waals surface area contributed by atoms with E-state index in [4.69, 9.17) is 4.74 Å². The third-order valence-electron chi connectivity index (χ3n) is 3.77. The molecule has 2 N–H and O–H groups in total. The van der Waals surface area contributed by atoms with Gasteiger partial charge >= 0.3 is 0 Å². The molecule has 1 amide bonds. The van der Waals surface area contributed by atoms with Gasteiger partial charge in [0.1, 0.15) is 5.75 Å². The van der Waals surface area contributed by atoms with E-state index in [0.717, 1.165) is 16.9 Å². The van der Waals surface area contributed by atoms with Crippen molar-refractivity contribution < 1.29 is 14.6 Å². The van der Waals surface area contributed by atoms with Crippen molar-refractivity contribution in [2.45, 2.75) is 25.0 Å². The van der Waals surface area contributed by atoms with Gasteiger partial charge in [-0.1, -0.05) is 48.5 Å². The van der Waals surface area contributed by atoms with Crippen LogP contribution in [0, 0.1) is 0 Å². The Kier molecular flexibility index (Phi) is 4.39. The first-order valence-corrected chi connectivity index (χ1v) is 7.46. The SMILES string of the molecule is O=C(NCC(O)Cc1ccccc1)C1Cc2ccccc2O1. The van der Waals surface area contributed by atoms with Gasteiger partial charge in [0, 0.05) is 19.4 Å². The number of carbonyl (C=O) groups excluding carboxylic acids is 1. The molecular weight excluding hydrogens is 278 g/mol. The highest BCUT2D eigenvalue weighted by Crippen LogP contribution is 2.28. The fourth-order valence-electron chi connectivity index (χ4n) is 2.62. The van der Waals surface area contributed by atoms with Crippen molar-refractivity contribution in [3.05, 3.63) is 65.7 Å². The predicted molar refractivity (Wildman–Crippen MR) is 83.7 cm³/mol. The first kappa shape index (κ1) is 14.6. The number of benzene rings is 2. The summed E-state index contributed by atoms with van der Waals surface area (Å²) in [5, 5.41) is 12.8. The lowest BCUT2D eigenvalue weighted by Crippen LogP contribution is -2.41. The van der Waals surface area contributed by atoms with Crippen molar-refractivity contribution in [1.82, 2.24) is 5.32 Å². The summed E-state index contributed by atoms with van der Waals surface area (Å²) >= 11 is 0. The molecule has 1 aliphatic heterocycles. The molecule has 2 atom stereocenters. The number of ether oxygens (including phenoxy) is 1. The van der Waals surface area contributed by atoms with Crippen LogP contribution in [0.25, 0.3) is 0 Å². The normalized spacial score (nSPS) is 17.4. The van der Waals surface area contributed by atoms with Crippen LogP contribution in [-0.2, 0) is 17.6 Å². The molecule has 0 radical (unpaired) electrons. The van der Waals surface area contributed by atoms with Crippen molar-refractivity contribution in [2.75, 3.05) is 6.54 Å². The summed E-state index contributed by atoms with van der Waals surface area (Å²) in [6.07, 6.45) is 0.000344. The van der Waals surface area contributed by atoms with Crippen LogP contribution >= 0.6 is 0 Å². The highest BCUT2D eigenvalue weighted by Gasteiger charge is 2.28. The Morgan fingerprint density at radius 1 is 1.18 bits per heavy atom. The molecule has 2 aromatic rings. The molecule has 0 aromatic heterocycles. The molecule has 0 fully saturated rings. The molecule has 2 unspecified atom stereocenters. The summed E-state index contributed by atoms with van der Waals surface area (Å²) in [6.45, 7) is 0.226. The monoisotopic (exact) mass is 297 g/mol. The fourth-order valence-corrected chi connectivity index (χ4v) is 2.62. The minimum Gasteiger partial charge on any atom is -0.480 e. The molecule has 1 aliphatic rings. The van der Waals surface area contributed by atoms with Gasteiger partial charge in [0.2, 0.25) is 0 Å². The van der Waals surface area contributed by atoms with Gasteiger partial charge in [0.15, 0.2) is 6.10 Å². The molecule has 1 heterocycles. The number of carbonyl (C=O) groups is 1. The van der Waals surface area contributed by atoms with E-state index >= 15 is 0 Å². The van der Waals surface area contributed by atoms with E-state index in [1.54, 1.807) is 0 Å². The molecular formula is C18H19NO3. The molecule has 4 heteroatoms. The van der Waals surface area contributed by atoms with Crippen molar-refractivity contribution in [1.29, 1.82) is 0 Å². The van der Waals surface area contributed by atoms with E-state index in [2.05, 4.69) is 5.32 Å². The second-order valence-electron chi connectivity index (χ2n) is 5.51. The van der Waals surface area contributed by atoms with Gasteiger partial charge in [-0.15, -0.1) is 0 Å². The van der Waals surface area contributed by atoms with Crippen molar-refractivity contribution >= 4 is 5.91 Å². The largest absolute Gasteiger partial charge is 0.480 e. The number of para-hydroxylation sites is 1. The van der Waals surface area contributed by atoms with Crippen LogP contribution in [-0.4, -0.2) is 29.8 Å². The van der Waals surface area contributed by atoms with Gasteiger partial charge in [0.05, 0.1) is 6.10 Å². The Morgan fingerprint density at radius 3 is 2.68 bits per heavy atom. The highest BCUT2D eigenvalue weighted by atomic mass is 16.5. The fraction of sp³-hybridized carbons (Fsp3) is 0.278. The average molecular weight is 297 g/mol. The lowest BCUT2D eigenvalue weighted by molar-refractivity contribution is -0.127. The number of hydrogen-bond acceptors (Lipinski definition) is 3. The van der Waals surface area contributed by atoms with E-state index in [9.17, 15) is 9.90 Å². The van der Waals surface area contributed by atoms with Gasteiger partial charge in [0.25, 0.3) is 5.91 Å². The molecule has 0 bridgehead atoms. The van der Waals surface area contributed by atoms with E-state index in [1.807, 2.05) is 54.6 Å². The second kappa shape index (κ2) is 6.62. The number of nitrogens with one attached hydrogen (secondary N) is 1. The molecule has 0 spiro atoms. The Labute approximate surface area is 129 Å². The molecule has 0 aliphatic carbocycles. The standard InChI is InChI=1S/C18H19NO3/c20-15(10-13-6-2-1-3-7-13)12-19-18(21)17-11-14-8-4-5-9-16(14)22-17/h1-9,15,17,20H,10-12H2,(H,19,21). The summed E-state index contributed by atoms with van der Waals surface area (Å²) < 4.78 is 5.63. The van der Waals surface area contributed by atoms with Crippen LogP contribution in [0.5, 0.6) is 5.75 Å². The first-order chi connectivity index (χ1) is 10.7. The van der Waals surface area contributed by atoms with E-state index in [0.29, 0.717) is 12.8 Å². The van der Waals surface area contributed by atoms with Crippen molar-refractivity contribution in [3.63, 3.8) is 0 Å². The number of hydrogen-bond donors (Lipinski definition) is 2. The average Bonchev–Trinajstić information content (AvgIpc) is 2.98. The third-order valence-corrected chi connectivity index (χ3v) is 3.77. The third kappa shape index (κ3) is 3.46. The van der Waals surface area contributed by atoms with Crippen molar-refractivity contribution in [3.8, 4) is 5.75 Å². The predicted octanol–water partition coefficient (Wildman–Crippen LogP) is 1.71. The van der Waals surface area contributed by atoms with Gasteiger partial charge in [-0.25, -0.2) is 0 Å². The van der Waals surface area contributed by atoms with Crippen LogP contribution in [0.3, 0.4) is 0 Å². The lowest BCUT2D eigenvalue weighted by atomic mass is 10.1. The highest BCUT2D eigenvalue weighted by molar-refractivity contribution is 5.82. The van der Waals surface area contributed by atoms with Crippen LogP contribution < -0.4 is 10.1 Å².